The number of imidazole rings is 1. The van der Waals surface area contributed by atoms with Gasteiger partial charge in [0, 0.05) is 30.0 Å². The molecule has 1 aromatic carbocycles. The third-order valence-electron chi connectivity index (χ3n) is 4.25. The molecule has 0 spiro atoms. The smallest absolute Gasteiger partial charge is 0.328 e. The van der Waals surface area contributed by atoms with Crippen LogP contribution in [0.5, 0.6) is 0 Å². The number of nitrogens with two attached hydrogens (primary N) is 1. The minimum absolute atomic E-state index is 0.233. The number of rotatable bonds is 2. The number of nitrogens with zero attached hydrogens (tertiary/aromatic N) is 2. The zero-order valence-electron chi connectivity index (χ0n) is 12.1. The number of hydrogen-bond acceptors (Lipinski definition) is 2. The molecule has 2 aromatic rings. The Morgan fingerprint density at radius 2 is 1.86 bits per heavy atom. The summed E-state index contributed by atoms with van der Waals surface area (Å²) in [6, 6.07) is 5.82. The van der Waals surface area contributed by atoms with Crippen molar-refractivity contribution < 1.29 is 13.2 Å². The van der Waals surface area contributed by atoms with Crippen LogP contribution in [0, 0.1) is 0 Å². The van der Waals surface area contributed by atoms with E-state index in [1.165, 1.54) is 6.07 Å². The van der Waals surface area contributed by atoms with Crippen molar-refractivity contribution in [3.05, 3.63) is 42.2 Å². The fourth-order valence-electron chi connectivity index (χ4n) is 3.05. The van der Waals surface area contributed by atoms with Gasteiger partial charge in [0.15, 0.2) is 0 Å². The first kappa shape index (κ1) is 15.1. The zero-order chi connectivity index (χ0) is 15.7. The molecule has 1 fully saturated rings. The van der Waals surface area contributed by atoms with E-state index in [0.717, 1.165) is 37.8 Å². The lowest BCUT2D eigenvalue weighted by Crippen LogP contribution is -2.27. The van der Waals surface area contributed by atoms with Gasteiger partial charge in [-0.3, -0.25) is 0 Å². The SMILES string of the molecule is NC1CCC(n2ccnc2-c2cccc(C(F)(F)F)c2)CC1. The molecule has 1 heterocycles. The molecule has 3 rings (SSSR count). The van der Waals surface area contributed by atoms with Gasteiger partial charge in [0.05, 0.1) is 5.56 Å². The van der Waals surface area contributed by atoms with Gasteiger partial charge in [-0.1, -0.05) is 12.1 Å². The largest absolute Gasteiger partial charge is 0.416 e. The third-order valence-corrected chi connectivity index (χ3v) is 4.25. The van der Waals surface area contributed by atoms with Crippen molar-refractivity contribution in [3.63, 3.8) is 0 Å². The molecule has 118 valence electrons. The van der Waals surface area contributed by atoms with Crippen LogP contribution >= 0.6 is 0 Å². The summed E-state index contributed by atoms with van der Waals surface area (Å²) in [4.78, 5) is 4.27. The molecule has 0 radical (unpaired) electrons. The van der Waals surface area contributed by atoms with Gasteiger partial charge >= 0.3 is 6.18 Å². The van der Waals surface area contributed by atoms with Crippen molar-refractivity contribution in [1.82, 2.24) is 9.55 Å². The molecule has 0 bridgehead atoms. The van der Waals surface area contributed by atoms with Crippen LogP contribution in [-0.4, -0.2) is 15.6 Å². The summed E-state index contributed by atoms with van der Waals surface area (Å²) < 4.78 is 40.6. The summed E-state index contributed by atoms with van der Waals surface area (Å²) in [7, 11) is 0. The van der Waals surface area contributed by atoms with Gasteiger partial charge in [-0.2, -0.15) is 13.2 Å². The molecule has 2 N–H and O–H groups in total. The van der Waals surface area contributed by atoms with Crippen LogP contribution in [0.2, 0.25) is 0 Å². The first-order chi connectivity index (χ1) is 10.4. The average Bonchev–Trinajstić information content (AvgIpc) is 2.97. The maximum absolute atomic E-state index is 12.9. The van der Waals surface area contributed by atoms with E-state index in [4.69, 9.17) is 5.73 Å². The Morgan fingerprint density at radius 3 is 2.55 bits per heavy atom. The molecule has 0 saturated heterocycles. The van der Waals surface area contributed by atoms with Crippen molar-refractivity contribution in [3.8, 4) is 11.4 Å². The van der Waals surface area contributed by atoms with Gasteiger partial charge in [0.25, 0.3) is 0 Å². The molecule has 0 amide bonds. The quantitative estimate of drug-likeness (QED) is 0.911. The second kappa shape index (κ2) is 5.76. The van der Waals surface area contributed by atoms with Crippen LogP contribution in [0.15, 0.2) is 36.7 Å². The molecule has 22 heavy (non-hydrogen) atoms. The van der Waals surface area contributed by atoms with Crippen molar-refractivity contribution >= 4 is 0 Å². The van der Waals surface area contributed by atoms with Gasteiger partial charge < -0.3 is 10.3 Å². The predicted molar refractivity (Wildman–Crippen MR) is 78.1 cm³/mol. The zero-order valence-corrected chi connectivity index (χ0v) is 12.1. The van der Waals surface area contributed by atoms with Crippen LogP contribution < -0.4 is 5.73 Å². The number of alkyl halides is 3. The number of aromatic nitrogens is 2. The highest BCUT2D eigenvalue weighted by molar-refractivity contribution is 5.57. The Labute approximate surface area is 127 Å². The van der Waals surface area contributed by atoms with Crippen molar-refractivity contribution in [2.75, 3.05) is 0 Å². The summed E-state index contributed by atoms with van der Waals surface area (Å²) in [6.45, 7) is 0. The molecule has 1 aromatic heterocycles. The lowest BCUT2D eigenvalue weighted by Gasteiger charge is -2.28. The highest BCUT2D eigenvalue weighted by atomic mass is 19.4. The van der Waals surface area contributed by atoms with E-state index in [2.05, 4.69) is 4.98 Å². The van der Waals surface area contributed by atoms with Gasteiger partial charge in [0.2, 0.25) is 0 Å². The van der Waals surface area contributed by atoms with E-state index >= 15 is 0 Å². The first-order valence-corrected chi connectivity index (χ1v) is 7.41. The molecular weight excluding hydrogens is 291 g/mol. The van der Waals surface area contributed by atoms with Gasteiger partial charge in [-0.25, -0.2) is 4.98 Å². The first-order valence-electron chi connectivity index (χ1n) is 7.41. The summed E-state index contributed by atoms with van der Waals surface area (Å²) in [5.74, 6) is 0.589. The number of hydrogen-bond donors (Lipinski definition) is 1. The van der Waals surface area contributed by atoms with E-state index in [0.29, 0.717) is 11.4 Å². The molecule has 0 aliphatic heterocycles. The molecule has 0 atom stereocenters. The predicted octanol–water partition coefficient (Wildman–Crippen LogP) is 4.01. The van der Waals surface area contributed by atoms with E-state index < -0.39 is 11.7 Å². The summed E-state index contributed by atoms with van der Waals surface area (Å²) in [6.07, 6.45) is 2.88. The highest BCUT2D eigenvalue weighted by Crippen LogP contribution is 2.34. The lowest BCUT2D eigenvalue weighted by molar-refractivity contribution is -0.137. The molecule has 1 saturated carbocycles. The molecule has 1 aliphatic rings. The Hall–Kier alpha value is -1.82. The lowest BCUT2D eigenvalue weighted by atomic mass is 9.91. The van der Waals surface area contributed by atoms with E-state index in [1.807, 2.05) is 10.8 Å². The van der Waals surface area contributed by atoms with Crippen molar-refractivity contribution in [2.24, 2.45) is 5.73 Å². The monoisotopic (exact) mass is 309 g/mol. The van der Waals surface area contributed by atoms with E-state index in [1.54, 1.807) is 12.3 Å². The number of halogens is 3. The van der Waals surface area contributed by atoms with Crippen molar-refractivity contribution in [2.45, 2.75) is 43.9 Å². The van der Waals surface area contributed by atoms with Crippen LogP contribution in [0.4, 0.5) is 13.2 Å². The van der Waals surface area contributed by atoms with Gasteiger partial charge in [-0.05, 0) is 37.8 Å². The van der Waals surface area contributed by atoms with Gasteiger partial charge in [0.1, 0.15) is 5.82 Å². The summed E-state index contributed by atoms with van der Waals surface area (Å²) in [5.41, 5.74) is 5.76. The van der Waals surface area contributed by atoms with E-state index in [9.17, 15) is 13.2 Å². The molecular formula is C16H18F3N3. The summed E-state index contributed by atoms with van der Waals surface area (Å²) in [5, 5.41) is 0. The van der Waals surface area contributed by atoms with Crippen LogP contribution in [0.3, 0.4) is 0 Å². The summed E-state index contributed by atoms with van der Waals surface area (Å²) >= 11 is 0. The highest BCUT2D eigenvalue weighted by Gasteiger charge is 2.31. The van der Waals surface area contributed by atoms with Crippen LogP contribution in [0.25, 0.3) is 11.4 Å². The topological polar surface area (TPSA) is 43.8 Å². The fourth-order valence-corrected chi connectivity index (χ4v) is 3.05. The minimum Gasteiger partial charge on any atom is -0.328 e. The third kappa shape index (κ3) is 3.02. The van der Waals surface area contributed by atoms with Crippen molar-refractivity contribution in [1.29, 1.82) is 0 Å². The Balaban J connectivity index is 1.92. The van der Waals surface area contributed by atoms with Crippen LogP contribution in [0.1, 0.15) is 37.3 Å². The fraction of sp³-hybridized carbons (Fsp3) is 0.438. The molecule has 0 unspecified atom stereocenters. The Kier molecular flexibility index (Phi) is 3.95. The molecule has 6 heteroatoms. The average molecular weight is 309 g/mol. The standard InChI is InChI=1S/C16H18F3N3/c17-16(18,19)12-3-1-2-11(10-12)15-21-8-9-22(15)14-6-4-13(20)5-7-14/h1-3,8-10,13-14H,4-7,20H2. The maximum Gasteiger partial charge on any atom is 0.416 e. The van der Waals surface area contributed by atoms with Gasteiger partial charge in [-0.15, -0.1) is 0 Å². The van der Waals surface area contributed by atoms with E-state index in [-0.39, 0.29) is 12.1 Å². The Morgan fingerprint density at radius 1 is 1.14 bits per heavy atom. The number of benzene rings is 1. The molecule has 1 aliphatic carbocycles. The Bertz CT molecular complexity index is 640. The normalized spacial score (nSPS) is 22.7. The maximum atomic E-state index is 12.9. The minimum atomic E-state index is -4.34. The second-order valence-electron chi connectivity index (χ2n) is 5.81. The molecule has 3 nitrogen and oxygen atoms in total. The van der Waals surface area contributed by atoms with Crippen LogP contribution in [-0.2, 0) is 6.18 Å². The second-order valence-corrected chi connectivity index (χ2v) is 5.81.